The summed E-state index contributed by atoms with van der Waals surface area (Å²) in [5.41, 5.74) is 0.701. The van der Waals surface area contributed by atoms with Crippen molar-refractivity contribution in [3.63, 3.8) is 0 Å². The molecule has 1 N–H and O–H groups in total. The molecule has 1 heterocycles. The van der Waals surface area contributed by atoms with Crippen molar-refractivity contribution in [2.24, 2.45) is 0 Å². The molecule has 1 fully saturated rings. The van der Waals surface area contributed by atoms with Crippen molar-refractivity contribution in [2.45, 2.75) is 19.8 Å². The topological polar surface area (TPSA) is 60.0 Å². The third-order valence-electron chi connectivity index (χ3n) is 3.53. The van der Waals surface area contributed by atoms with Gasteiger partial charge in [-0.2, -0.15) is 0 Å². The van der Waals surface area contributed by atoms with Crippen molar-refractivity contribution < 1.29 is 19.0 Å². The number of amides is 1. The van der Waals surface area contributed by atoms with Crippen molar-refractivity contribution in [1.29, 1.82) is 0 Å². The van der Waals surface area contributed by atoms with Crippen LogP contribution >= 0.6 is 0 Å². The van der Waals surface area contributed by atoms with E-state index in [2.05, 4.69) is 10.2 Å². The largest absolute Gasteiger partial charge is 0.494 e. The maximum absolute atomic E-state index is 11.4. The molecule has 2 rings (SSSR count). The van der Waals surface area contributed by atoms with E-state index in [9.17, 15) is 4.79 Å². The van der Waals surface area contributed by atoms with Crippen LogP contribution in [0.3, 0.4) is 0 Å². The summed E-state index contributed by atoms with van der Waals surface area (Å²) < 4.78 is 16.0. The van der Waals surface area contributed by atoms with Gasteiger partial charge in [0.25, 0.3) is 0 Å². The molecule has 1 saturated heterocycles. The van der Waals surface area contributed by atoms with Crippen molar-refractivity contribution in [3.8, 4) is 5.75 Å². The lowest BCUT2D eigenvalue weighted by Crippen LogP contribution is -2.37. The van der Waals surface area contributed by atoms with Crippen molar-refractivity contribution in [3.05, 3.63) is 24.3 Å². The molecule has 0 atom stereocenters. The van der Waals surface area contributed by atoms with Gasteiger partial charge in [0.1, 0.15) is 5.75 Å². The van der Waals surface area contributed by atoms with E-state index >= 15 is 0 Å². The second kappa shape index (κ2) is 10.1. The number of rotatable bonds is 8. The highest BCUT2D eigenvalue weighted by atomic mass is 16.5. The first-order valence-corrected chi connectivity index (χ1v) is 8.24. The van der Waals surface area contributed by atoms with Gasteiger partial charge in [-0.1, -0.05) is 6.92 Å². The third kappa shape index (κ3) is 6.88. The molecule has 0 radical (unpaired) electrons. The molecule has 23 heavy (non-hydrogen) atoms. The van der Waals surface area contributed by atoms with Gasteiger partial charge in [-0.3, -0.25) is 10.2 Å². The number of benzene rings is 1. The first kappa shape index (κ1) is 17.6. The number of ether oxygens (including phenoxy) is 3. The van der Waals surface area contributed by atoms with Crippen LogP contribution in [0.15, 0.2) is 24.3 Å². The minimum atomic E-state index is -0.425. The van der Waals surface area contributed by atoms with Crippen LogP contribution in [0.5, 0.6) is 5.75 Å². The van der Waals surface area contributed by atoms with Gasteiger partial charge in [0.2, 0.25) is 0 Å². The van der Waals surface area contributed by atoms with E-state index in [0.29, 0.717) is 18.9 Å². The van der Waals surface area contributed by atoms with E-state index in [-0.39, 0.29) is 0 Å². The van der Waals surface area contributed by atoms with Crippen LogP contribution in [0.2, 0.25) is 0 Å². The smallest absolute Gasteiger partial charge is 0.411 e. The Morgan fingerprint density at radius 2 is 1.96 bits per heavy atom. The fraction of sp³-hybridized carbons (Fsp3) is 0.588. The van der Waals surface area contributed by atoms with Gasteiger partial charge in [-0.25, -0.2) is 4.79 Å². The Bertz CT molecular complexity index is 458. The predicted octanol–water partition coefficient (Wildman–Crippen LogP) is 2.75. The zero-order valence-corrected chi connectivity index (χ0v) is 13.8. The van der Waals surface area contributed by atoms with Crippen LogP contribution < -0.4 is 10.1 Å². The summed E-state index contributed by atoms with van der Waals surface area (Å²) in [4.78, 5) is 13.8. The highest BCUT2D eigenvalue weighted by Crippen LogP contribution is 2.16. The molecule has 0 saturated carbocycles. The summed E-state index contributed by atoms with van der Waals surface area (Å²) in [6.45, 7) is 7.78. The molecule has 0 aliphatic carbocycles. The molecule has 128 valence electrons. The monoisotopic (exact) mass is 322 g/mol. The van der Waals surface area contributed by atoms with Gasteiger partial charge >= 0.3 is 6.09 Å². The molecule has 0 unspecified atom stereocenters. The van der Waals surface area contributed by atoms with Gasteiger partial charge < -0.3 is 14.2 Å². The maximum atomic E-state index is 11.4. The molecule has 6 heteroatoms. The summed E-state index contributed by atoms with van der Waals surface area (Å²) in [5, 5.41) is 2.68. The molecular formula is C17H26N2O4. The van der Waals surface area contributed by atoms with E-state index < -0.39 is 6.09 Å². The molecule has 1 amide bonds. The Kier molecular flexibility index (Phi) is 7.69. The fourth-order valence-corrected chi connectivity index (χ4v) is 2.29. The van der Waals surface area contributed by atoms with Crippen LogP contribution in [0.4, 0.5) is 10.5 Å². The zero-order chi connectivity index (χ0) is 16.3. The Labute approximate surface area is 137 Å². The average Bonchev–Trinajstić information content (AvgIpc) is 2.59. The quantitative estimate of drug-likeness (QED) is 0.746. The van der Waals surface area contributed by atoms with Crippen LogP contribution in [-0.2, 0) is 9.47 Å². The summed E-state index contributed by atoms with van der Waals surface area (Å²) in [5.74, 6) is 0.805. The van der Waals surface area contributed by atoms with Crippen LogP contribution in [0.1, 0.15) is 19.8 Å². The summed E-state index contributed by atoms with van der Waals surface area (Å²) in [6.07, 6.45) is 1.37. The van der Waals surface area contributed by atoms with Gasteiger partial charge in [-0.05, 0) is 37.1 Å². The summed E-state index contributed by atoms with van der Waals surface area (Å²) in [7, 11) is 0. The summed E-state index contributed by atoms with van der Waals surface area (Å²) in [6, 6.07) is 7.32. The molecule has 0 aromatic heterocycles. The standard InChI is InChI=1S/C17H26N2O4/c1-2-11-23-17(20)18-15-4-6-16(7-5-15)22-12-3-8-19-9-13-21-14-10-19/h4-7H,2-3,8-14H2,1H3,(H,18,20). The minimum Gasteiger partial charge on any atom is -0.494 e. The second-order valence-electron chi connectivity index (χ2n) is 5.44. The molecule has 6 nitrogen and oxygen atoms in total. The third-order valence-corrected chi connectivity index (χ3v) is 3.53. The first-order chi connectivity index (χ1) is 11.3. The lowest BCUT2D eigenvalue weighted by atomic mass is 10.3. The lowest BCUT2D eigenvalue weighted by Gasteiger charge is -2.26. The summed E-state index contributed by atoms with van der Waals surface area (Å²) >= 11 is 0. The molecular weight excluding hydrogens is 296 g/mol. The Morgan fingerprint density at radius 1 is 1.22 bits per heavy atom. The molecule has 0 spiro atoms. The molecule has 1 aromatic carbocycles. The number of hydrogen-bond acceptors (Lipinski definition) is 5. The van der Waals surface area contributed by atoms with Gasteiger partial charge in [0.05, 0.1) is 26.4 Å². The van der Waals surface area contributed by atoms with Crippen molar-refractivity contribution >= 4 is 11.8 Å². The minimum absolute atomic E-state index is 0.425. The average molecular weight is 322 g/mol. The number of nitrogens with one attached hydrogen (secondary N) is 1. The van der Waals surface area contributed by atoms with Gasteiger partial charge in [0.15, 0.2) is 0 Å². The van der Waals surface area contributed by atoms with Crippen molar-refractivity contribution in [1.82, 2.24) is 4.90 Å². The van der Waals surface area contributed by atoms with Gasteiger partial charge in [0, 0.05) is 25.3 Å². The molecule has 1 aliphatic heterocycles. The number of hydrogen-bond donors (Lipinski definition) is 1. The predicted molar refractivity (Wildman–Crippen MR) is 89.1 cm³/mol. The fourth-order valence-electron chi connectivity index (χ4n) is 2.29. The first-order valence-electron chi connectivity index (χ1n) is 8.24. The van der Waals surface area contributed by atoms with E-state index in [1.54, 1.807) is 0 Å². The van der Waals surface area contributed by atoms with E-state index in [4.69, 9.17) is 14.2 Å². The van der Waals surface area contributed by atoms with Crippen LogP contribution in [0.25, 0.3) is 0 Å². The molecule has 1 aliphatic rings. The van der Waals surface area contributed by atoms with E-state index in [0.717, 1.165) is 51.4 Å². The van der Waals surface area contributed by atoms with Crippen molar-refractivity contribution in [2.75, 3.05) is 51.4 Å². The highest BCUT2D eigenvalue weighted by Gasteiger charge is 2.09. The normalized spacial score (nSPS) is 15.2. The number of carbonyl (C=O) groups excluding carboxylic acids is 1. The zero-order valence-electron chi connectivity index (χ0n) is 13.8. The number of morpholine rings is 1. The van der Waals surface area contributed by atoms with Crippen LogP contribution in [-0.4, -0.2) is 57.1 Å². The number of nitrogens with zero attached hydrogens (tertiary/aromatic N) is 1. The Hall–Kier alpha value is -1.79. The highest BCUT2D eigenvalue weighted by molar-refractivity contribution is 5.84. The second-order valence-corrected chi connectivity index (χ2v) is 5.44. The number of carbonyl (C=O) groups is 1. The van der Waals surface area contributed by atoms with E-state index in [1.807, 2.05) is 31.2 Å². The van der Waals surface area contributed by atoms with Crippen LogP contribution in [0, 0.1) is 0 Å². The lowest BCUT2D eigenvalue weighted by molar-refractivity contribution is 0.0358. The Morgan fingerprint density at radius 3 is 2.65 bits per heavy atom. The Balaban J connectivity index is 1.63. The van der Waals surface area contributed by atoms with E-state index in [1.165, 1.54) is 0 Å². The maximum Gasteiger partial charge on any atom is 0.411 e. The SMILES string of the molecule is CCCOC(=O)Nc1ccc(OCCCN2CCOCC2)cc1. The molecule has 1 aromatic rings. The van der Waals surface area contributed by atoms with Gasteiger partial charge in [-0.15, -0.1) is 0 Å². The number of anilines is 1. The molecule has 0 bridgehead atoms.